The number of nitrogens with one attached hydrogen (secondary N) is 1. The first-order valence-electron chi connectivity index (χ1n) is 15.2. The van der Waals surface area contributed by atoms with Crippen LogP contribution in [0.4, 0.5) is 5.69 Å². The molecule has 0 spiro atoms. The molecule has 1 atom stereocenters. The van der Waals surface area contributed by atoms with Gasteiger partial charge in [0, 0.05) is 28.5 Å². The van der Waals surface area contributed by atoms with E-state index in [2.05, 4.69) is 5.32 Å². The van der Waals surface area contributed by atoms with Gasteiger partial charge in [-0.25, -0.2) is 8.42 Å². The summed E-state index contributed by atoms with van der Waals surface area (Å²) in [5.41, 5.74) is 0.933. The number of carbonyl (C=O) groups excluding carboxylic acids is 2. The third-order valence-corrected chi connectivity index (χ3v) is 9.53. The van der Waals surface area contributed by atoms with Crippen LogP contribution in [0.3, 0.4) is 0 Å². The number of ether oxygens (including phenoxy) is 1. The maximum atomic E-state index is 14.7. The van der Waals surface area contributed by atoms with Crippen LogP contribution in [0.25, 0.3) is 0 Å². The van der Waals surface area contributed by atoms with Crippen LogP contribution in [0.5, 0.6) is 5.75 Å². The van der Waals surface area contributed by atoms with Crippen molar-refractivity contribution < 1.29 is 22.7 Å². The van der Waals surface area contributed by atoms with E-state index in [4.69, 9.17) is 27.9 Å². The van der Waals surface area contributed by atoms with Crippen LogP contribution < -0.4 is 14.4 Å². The van der Waals surface area contributed by atoms with Gasteiger partial charge in [0.05, 0.1) is 17.2 Å². The van der Waals surface area contributed by atoms with Crippen molar-refractivity contribution >= 4 is 50.7 Å². The van der Waals surface area contributed by atoms with Gasteiger partial charge >= 0.3 is 0 Å². The molecule has 1 N–H and O–H groups in total. The number of carbonyl (C=O) groups is 2. The van der Waals surface area contributed by atoms with Crippen molar-refractivity contribution in [1.29, 1.82) is 0 Å². The Morgan fingerprint density at radius 3 is 2.11 bits per heavy atom. The molecular formula is C36H39Cl2N3O5S. The zero-order valence-electron chi connectivity index (χ0n) is 26.8. The van der Waals surface area contributed by atoms with Crippen molar-refractivity contribution in [3.63, 3.8) is 0 Å². The summed E-state index contributed by atoms with van der Waals surface area (Å²) in [5.74, 6) is -0.723. The highest BCUT2D eigenvalue weighted by Gasteiger charge is 2.36. The number of rotatable bonds is 13. The highest BCUT2D eigenvalue weighted by molar-refractivity contribution is 7.92. The molecule has 11 heteroatoms. The first-order chi connectivity index (χ1) is 22.3. The summed E-state index contributed by atoms with van der Waals surface area (Å²) < 4.78 is 35.4. The van der Waals surface area contributed by atoms with Crippen molar-refractivity contribution in [1.82, 2.24) is 10.2 Å². The fraction of sp³-hybridized carbons (Fsp3) is 0.278. The monoisotopic (exact) mass is 695 g/mol. The molecule has 47 heavy (non-hydrogen) atoms. The second-order valence-corrected chi connectivity index (χ2v) is 14.6. The lowest BCUT2D eigenvalue weighted by atomic mass is 10.0. The van der Waals surface area contributed by atoms with E-state index in [1.807, 2.05) is 51.1 Å². The lowest BCUT2D eigenvalue weighted by Gasteiger charge is -2.35. The minimum Gasteiger partial charge on any atom is -0.492 e. The molecule has 0 radical (unpaired) electrons. The van der Waals surface area contributed by atoms with Crippen molar-refractivity contribution in [3.8, 4) is 5.75 Å². The fourth-order valence-corrected chi connectivity index (χ4v) is 6.93. The van der Waals surface area contributed by atoms with Gasteiger partial charge in [-0.3, -0.25) is 13.9 Å². The lowest BCUT2D eigenvalue weighted by Crippen LogP contribution is -2.56. The van der Waals surface area contributed by atoms with Crippen molar-refractivity contribution in [2.24, 2.45) is 0 Å². The highest BCUT2D eigenvalue weighted by atomic mass is 35.5. The van der Waals surface area contributed by atoms with Crippen LogP contribution in [0, 0.1) is 0 Å². The van der Waals surface area contributed by atoms with E-state index in [9.17, 15) is 18.0 Å². The van der Waals surface area contributed by atoms with E-state index in [0.29, 0.717) is 21.4 Å². The third kappa shape index (κ3) is 9.50. The third-order valence-electron chi connectivity index (χ3n) is 7.17. The Bertz CT molecular complexity index is 1780. The van der Waals surface area contributed by atoms with Crippen molar-refractivity contribution in [2.75, 3.05) is 17.5 Å². The zero-order chi connectivity index (χ0) is 34.2. The van der Waals surface area contributed by atoms with Gasteiger partial charge in [0.2, 0.25) is 11.8 Å². The van der Waals surface area contributed by atoms with Gasteiger partial charge in [0.1, 0.15) is 18.3 Å². The quantitative estimate of drug-likeness (QED) is 0.160. The Labute approximate surface area is 287 Å². The number of para-hydroxylation sites is 2. The molecule has 4 rings (SSSR count). The van der Waals surface area contributed by atoms with E-state index < -0.39 is 40.0 Å². The number of benzene rings is 4. The molecule has 4 aromatic rings. The van der Waals surface area contributed by atoms with Crippen LogP contribution in [0.1, 0.15) is 38.8 Å². The summed E-state index contributed by atoms with van der Waals surface area (Å²) in [7, 11) is -4.28. The van der Waals surface area contributed by atoms with E-state index >= 15 is 0 Å². The number of sulfonamides is 1. The minimum atomic E-state index is -4.28. The topological polar surface area (TPSA) is 96.0 Å². The van der Waals surface area contributed by atoms with E-state index in [0.717, 1.165) is 9.87 Å². The first-order valence-corrected chi connectivity index (χ1v) is 17.4. The van der Waals surface area contributed by atoms with Gasteiger partial charge in [-0.2, -0.15) is 0 Å². The summed E-state index contributed by atoms with van der Waals surface area (Å²) in [6.45, 7) is 6.91. The Balaban J connectivity index is 1.87. The summed E-state index contributed by atoms with van der Waals surface area (Å²) >= 11 is 12.8. The molecule has 8 nitrogen and oxygen atoms in total. The molecule has 0 aromatic heterocycles. The van der Waals surface area contributed by atoms with Crippen LogP contribution >= 0.6 is 23.2 Å². The minimum absolute atomic E-state index is 0.00212. The summed E-state index contributed by atoms with van der Waals surface area (Å²) in [6.07, 6.45) is 0.167. The molecule has 4 aromatic carbocycles. The molecule has 0 aliphatic heterocycles. The molecule has 0 saturated carbocycles. The number of hydrogen-bond acceptors (Lipinski definition) is 5. The molecule has 0 saturated heterocycles. The average molecular weight is 697 g/mol. The predicted molar refractivity (Wildman–Crippen MR) is 187 cm³/mol. The van der Waals surface area contributed by atoms with Gasteiger partial charge in [-0.1, -0.05) is 89.9 Å². The van der Waals surface area contributed by atoms with Crippen LogP contribution in [0.2, 0.25) is 10.0 Å². The zero-order valence-corrected chi connectivity index (χ0v) is 29.1. The number of hydrogen-bond donors (Lipinski definition) is 1. The van der Waals surface area contributed by atoms with E-state index in [-0.39, 0.29) is 30.2 Å². The molecule has 0 unspecified atom stereocenters. The molecule has 0 fully saturated rings. The maximum Gasteiger partial charge on any atom is 0.264 e. The molecule has 2 amide bonds. The van der Waals surface area contributed by atoms with E-state index in [1.54, 1.807) is 67.6 Å². The number of amides is 2. The van der Waals surface area contributed by atoms with Crippen LogP contribution in [-0.4, -0.2) is 49.9 Å². The van der Waals surface area contributed by atoms with E-state index in [1.165, 1.54) is 17.0 Å². The summed E-state index contributed by atoms with van der Waals surface area (Å²) in [5, 5.41) is 3.73. The molecule has 0 heterocycles. The second-order valence-electron chi connectivity index (χ2n) is 11.9. The highest BCUT2D eigenvalue weighted by Crippen LogP contribution is 2.33. The van der Waals surface area contributed by atoms with Gasteiger partial charge in [-0.05, 0) is 75.2 Å². The normalized spacial score (nSPS) is 12.2. The van der Waals surface area contributed by atoms with Gasteiger partial charge < -0.3 is 15.0 Å². The maximum absolute atomic E-state index is 14.7. The summed E-state index contributed by atoms with van der Waals surface area (Å²) in [4.78, 5) is 30.1. The molecule has 248 valence electrons. The fourth-order valence-electron chi connectivity index (χ4n) is 5.01. The SMILES string of the molecule is CCOc1ccccc1N(CC(=O)N(Cc1ccc(Cl)cc1Cl)[C@H](Cc1ccccc1)C(=O)NC(C)(C)C)S(=O)(=O)c1ccccc1. The Kier molecular flexibility index (Phi) is 12.0. The number of anilines is 1. The Morgan fingerprint density at radius 2 is 1.49 bits per heavy atom. The molecule has 0 aliphatic rings. The molecule has 0 aliphatic carbocycles. The molecular weight excluding hydrogens is 657 g/mol. The van der Waals surface area contributed by atoms with Crippen LogP contribution in [-0.2, 0) is 32.6 Å². The van der Waals surface area contributed by atoms with Crippen LogP contribution in [0.15, 0.2) is 108 Å². The number of halogens is 2. The Morgan fingerprint density at radius 1 is 0.872 bits per heavy atom. The first kappa shape index (κ1) is 35.8. The van der Waals surface area contributed by atoms with Crippen molar-refractivity contribution in [3.05, 3.63) is 124 Å². The Hall–Kier alpha value is -4.05. The summed E-state index contributed by atoms with van der Waals surface area (Å²) in [6, 6.07) is 27.7. The van der Waals surface area contributed by atoms with Gasteiger partial charge in [0.15, 0.2) is 0 Å². The average Bonchev–Trinajstić information content (AvgIpc) is 3.03. The lowest BCUT2D eigenvalue weighted by molar-refractivity contribution is -0.140. The van der Waals surface area contributed by atoms with Crippen molar-refractivity contribution in [2.45, 2.75) is 57.1 Å². The van der Waals surface area contributed by atoms with Gasteiger partial charge in [0.25, 0.3) is 10.0 Å². The smallest absolute Gasteiger partial charge is 0.264 e. The standard InChI is InChI=1S/C36H39Cl2N3O5S/c1-5-46-33-19-13-12-18-31(33)41(47(44,45)29-16-10-7-11-17-29)25-34(42)40(24-27-20-21-28(37)23-30(27)38)32(35(43)39-36(2,3)4)22-26-14-8-6-9-15-26/h6-21,23,32H,5,22,24-25H2,1-4H3,(H,39,43)/t32-/m1/s1. The van der Waals surface area contributed by atoms with Gasteiger partial charge in [-0.15, -0.1) is 0 Å². The predicted octanol–water partition coefficient (Wildman–Crippen LogP) is 7.14. The number of nitrogens with zero attached hydrogens (tertiary/aromatic N) is 2. The second kappa shape index (κ2) is 15.7. The molecule has 0 bridgehead atoms. The largest absolute Gasteiger partial charge is 0.492 e.